The van der Waals surface area contributed by atoms with E-state index in [-0.39, 0.29) is 25.0 Å². The molecule has 0 radical (unpaired) electrons. The van der Waals surface area contributed by atoms with Gasteiger partial charge in [-0.05, 0) is 22.8 Å². The number of amides is 3. The summed E-state index contributed by atoms with van der Waals surface area (Å²) >= 11 is 0. The number of aliphatic hydroxyl groups is 1. The molecule has 1 heterocycles. The van der Waals surface area contributed by atoms with Gasteiger partial charge in [0.05, 0.1) is 12.6 Å². The number of rotatable bonds is 3. The molecule has 0 saturated carbocycles. The van der Waals surface area contributed by atoms with E-state index >= 15 is 0 Å². The number of benzene rings is 2. The molecule has 3 rings (SSSR count). The smallest absolute Gasteiger partial charge is 0.317 e. The average molecular weight is 355 g/mol. The maximum Gasteiger partial charge on any atom is 0.317 e. The molecule has 2 N–H and O–H groups in total. The molecule has 6 heteroatoms. The van der Waals surface area contributed by atoms with Crippen LogP contribution in [-0.2, 0) is 11.2 Å². The minimum absolute atomic E-state index is 0.0809. The van der Waals surface area contributed by atoms with Crippen molar-refractivity contribution in [3.63, 3.8) is 0 Å². The molecular weight excluding hydrogens is 330 g/mol. The first kappa shape index (κ1) is 18.2. The first-order valence-corrected chi connectivity index (χ1v) is 8.97. The lowest BCUT2D eigenvalue weighted by atomic mass is 10.1. The maximum absolute atomic E-state index is 12.4. The van der Waals surface area contributed by atoms with Crippen molar-refractivity contribution in [3.05, 3.63) is 48.0 Å². The highest BCUT2D eigenvalue weighted by Gasteiger charge is 2.25. The van der Waals surface area contributed by atoms with Crippen molar-refractivity contribution in [1.29, 1.82) is 0 Å². The van der Waals surface area contributed by atoms with Gasteiger partial charge in [0, 0.05) is 33.1 Å². The van der Waals surface area contributed by atoms with Crippen LogP contribution in [0.15, 0.2) is 42.5 Å². The molecule has 0 bridgehead atoms. The molecule has 0 aromatic heterocycles. The van der Waals surface area contributed by atoms with Gasteiger partial charge in [-0.2, -0.15) is 0 Å². The number of fused-ring (bicyclic) bond motifs is 1. The number of β-amino-alcohol motifs (C(OH)–C–C–N with tert-alkyl or cyclic N) is 1. The number of carbonyl (C=O) groups excluding carboxylic acids is 2. The Morgan fingerprint density at radius 1 is 1.08 bits per heavy atom. The zero-order valence-electron chi connectivity index (χ0n) is 15.0. The molecule has 0 unspecified atom stereocenters. The first-order chi connectivity index (χ1) is 12.5. The van der Waals surface area contributed by atoms with Crippen molar-refractivity contribution in [2.45, 2.75) is 19.4 Å². The highest BCUT2D eigenvalue weighted by atomic mass is 16.3. The van der Waals surface area contributed by atoms with Crippen LogP contribution in [0.4, 0.5) is 4.79 Å². The Balaban J connectivity index is 1.52. The summed E-state index contributed by atoms with van der Waals surface area (Å²) < 4.78 is 0. The molecule has 138 valence electrons. The second-order valence-electron chi connectivity index (χ2n) is 6.73. The normalized spacial score (nSPS) is 17.8. The molecule has 1 fully saturated rings. The van der Waals surface area contributed by atoms with Gasteiger partial charge in [-0.25, -0.2) is 4.79 Å². The van der Waals surface area contributed by atoms with Gasteiger partial charge in [-0.1, -0.05) is 42.5 Å². The Bertz CT molecular complexity index is 793. The number of urea groups is 1. The highest BCUT2D eigenvalue weighted by Crippen LogP contribution is 2.15. The molecule has 1 atom stereocenters. The van der Waals surface area contributed by atoms with Crippen LogP contribution in [0, 0.1) is 0 Å². The predicted molar refractivity (Wildman–Crippen MR) is 101 cm³/mol. The van der Waals surface area contributed by atoms with Crippen LogP contribution in [0.3, 0.4) is 0 Å². The van der Waals surface area contributed by atoms with Crippen molar-refractivity contribution in [2.75, 3.05) is 32.7 Å². The zero-order valence-corrected chi connectivity index (χ0v) is 15.0. The van der Waals surface area contributed by atoms with E-state index in [0.717, 1.165) is 6.42 Å². The van der Waals surface area contributed by atoms with Gasteiger partial charge in [0.2, 0.25) is 5.91 Å². The van der Waals surface area contributed by atoms with Crippen molar-refractivity contribution < 1.29 is 14.7 Å². The van der Waals surface area contributed by atoms with Crippen LogP contribution in [-0.4, -0.2) is 65.7 Å². The van der Waals surface area contributed by atoms with Crippen molar-refractivity contribution in [3.8, 4) is 0 Å². The van der Waals surface area contributed by atoms with Gasteiger partial charge in [0.1, 0.15) is 0 Å². The molecule has 1 saturated heterocycles. The predicted octanol–water partition coefficient (Wildman–Crippen LogP) is 1.62. The summed E-state index contributed by atoms with van der Waals surface area (Å²) in [6.45, 7) is 3.40. The number of hydrogen-bond acceptors (Lipinski definition) is 3. The fraction of sp³-hybridized carbons (Fsp3) is 0.400. The van der Waals surface area contributed by atoms with E-state index in [2.05, 4.69) is 35.6 Å². The molecular formula is C20H25N3O3. The molecule has 1 aliphatic rings. The second kappa shape index (κ2) is 8.19. The van der Waals surface area contributed by atoms with Gasteiger partial charge < -0.3 is 20.2 Å². The van der Waals surface area contributed by atoms with Crippen molar-refractivity contribution in [1.82, 2.24) is 15.1 Å². The van der Waals surface area contributed by atoms with Crippen LogP contribution in [0.1, 0.15) is 12.5 Å². The lowest BCUT2D eigenvalue weighted by Gasteiger charge is -2.22. The molecule has 2 aromatic carbocycles. The lowest BCUT2D eigenvalue weighted by molar-refractivity contribution is -0.129. The molecule has 0 spiro atoms. The Hall–Kier alpha value is -2.60. The van der Waals surface area contributed by atoms with Gasteiger partial charge in [-0.3, -0.25) is 4.79 Å². The zero-order chi connectivity index (χ0) is 18.5. The Morgan fingerprint density at radius 3 is 2.54 bits per heavy atom. The molecule has 3 amide bonds. The van der Waals surface area contributed by atoms with Crippen LogP contribution in [0.2, 0.25) is 0 Å². The van der Waals surface area contributed by atoms with E-state index in [9.17, 15) is 14.7 Å². The number of nitrogens with one attached hydrogen (secondary N) is 1. The molecule has 26 heavy (non-hydrogen) atoms. The van der Waals surface area contributed by atoms with Gasteiger partial charge in [-0.15, -0.1) is 0 Å². The van der Waals surface area contributed by atoms with Gasteiger partial charge in [0.25, 0.3) is 0 Å². The summed E-state index contributed by atoms with van der Waals surface area (Å²) in [5.41, 5.74) is 1.17. The molecule has 1 aliphatic heterocycles. The third-order valence-electron chi connectivity index (χ3n) is 4.74. The molecule has 0 aliphatic carbocycles. The monoisotopic (exact) mass is 355 g/mol. The number of hydrogen-bond donors (Lipinski definition) is 2. The Kier molecular flexibility index (Phi) is 5.73. The van der Waals surface area contributed by atoms with E-state index in [1.54, 1.807) is 9.80 Å². The van der Waals surface area contributed by atoms with Crippen molar-refractivity contribution in [2.24, 2.45) is 0 Å². The Labute approximate surface area is 153 Å². The summed E-state index contributed by atoms with van der Waals surface area (Å²) in [5, 5.41) is 15.3. The van der Waals surface area contributed by atoms with E-state index in [0.29, 0.717) is 19.6 Å². The maximum atomic E-state index is 12.4. The van der Waals surface area contributed by atoms with Gasteiger partial charge in [0.15, 0.2) is 0 Å². The number of aliphatic hydroxyl groups excluding tert-OH is 1. The fourth-order valence-corrected chi connectivity index (χ4v) is 3.28. The fourth-order valence-electron chi connectivity index (χ4n) is 3.28. The van der Waals surface area contributed by atoms with Crippen LogP contribution >= 0.6 is 0 Å². The van der Waals surface area contributed by atoms with Crippen LogP contribution in [0.25, 0.3) is 10.8 Å². The quantitative estimate of drug-likeness (QED) is 0.879. The standard InChI is InChI=1S/C20H25N3O3/c1-15(24)22-10-11-23(14-19(25)13-22)20(26)21-9-8-16-6-7-17-4-2-3-5-18(17)12-16/h2-7,12,19,25H,8-11,13-14H2,1H3,(H,21,26)/t19-/m1/s1. The van der Waals surface area contributed by atoms with E-state index in [1.807, 2.05) is 12.1 Å². The first-order valence-electron chi connectivity index (χ1n) is 8.97. The minimum Gasteiger partial charge on any atom is -0.389 e. The van der Waals surface area contributed by atoms with Gasteiger partial charge >= 0.3 is 6.03 Å². The van der Waals surface area contributed by atoms with E-state index in [1.165, 1.54) is 23.3 Å². The van der Waals surface area contributed by atoms with E-state index < -0.39 is 6.10 Å². The third kappa shape index (κ3) is 4.52. The summed E-state index contributed by atoms with van der Waals surface area (Å²) in [6.07, 6.45) is 0.0274. The minimum atomic E-state index is -0.715. The summed E-state index contributed by atoms with van der Waals surface area (Å²) in [5.74, 6) is -0.0809. The van der Waals surface area contributed by atoms with E-state index in [4.69, 9.17) is 0 Å². The topological polar surface area (TPSA) is 72.9 Å². The molecule has 6 nitrogen and oxygen atoms in total. The highest BCUT2D eigenvalue weighted by molar-refractivity contribution is 5.83. The summed E-state index contributed by atoms with van der Waals surface area (Å²) in [7, 11) is 0. The Morgan fingerprint density at radius 2 is 1.77 bits per heavy atom. The van der Waals surface area contributed by atoms with Crippen LogP contribution < -0.4 is 5.32 Å². The molecule has 2 aromatic rings. The third-order valence-corrected chi connectivity index (χ3v) is 4.74. The summed E-state index contributed by atoms with van der Waals surface area (Å²) in [4.78, 5) is 27.0. The number of carbonyl (C=O) groups is 2. The SMILES string of the molecule is CC(=O)N1CCN(C(=O)NCCc2ccc3ccccc3c2)C[C@H](O)C1. The lowest BCUT2D eigenvalue weighted by Crippen LogP contribution is -2.44. The largest absolute Gasteiger partial charge is 0.389 e. The van der Waals surface area contributed by atoms with Crippen LogP contribution in [0.5, 0.6) is 0 Å². The second-order valence-corrected chi connectivity index (χ2v) is 6.73. The van der Waals surface area contributed by atoms with Crippen molar-refractivity contribution >= 4 is 22.7 Å². The number of nitrogens with zero attached hydrogens (tertiary/aromatic N) is 2. The average Bonchev–Trinajstić information content (AvgIpc) is 2.83. The summed E-state index contributed by atoms with van der Waals surface area (Å²) in [6, 6.07) is 14.3.